The maximum Gasteiger partial charge on any atom is 0.303 e. The smallest absolute Gasteiger partial charge is 0.303 e. The van der Waals surface area contributed by atoms with Crippen LogP contribution in [0, 0.1) is 0 Å². The molecule has 0 saturated carbocycles. The van der Waals surface area contributed by atoms with Crippen molar-refractivity contribution in [3.8, 4) is 0 Å². The van der Waals surface area contributed by atoms with Crippen molar-refractivity contribution in [1.29, 1.82) is 0 Å². The molecular weight excluding hydrogens is 254 g/mol. The first-order chi connectivity index (χ1) is 8.66. The van der Waals surface area contributed by atoms with Gasteiger partial charge in [0.1, 0.15) is 5.01 Å². The molecule has 2 heterocycles. The Kier molecular flexibility index (Phi) is 4.24. The summed E-state index contributed by atoms with van der Waals surface area (Å²) in [6.45, 7) is 1.56. The van der Waals surface area contributed by atoms with Crippen LogP contribution < -0.4 is 0 Å². The van der Waals surface area contributed by atoms with Crippen LogP contribution in [-0.2, 0) is 11.2 Å². The molecule has 2 rings (SSSR count). The van der Waals surface area contributed by atoms with E-state index in [4.69, 9.17) is 5.11 Å². The van der Waals surface area contributed by atoms with E-state index in [-0.39, 0.29) is 12.3 Å². The van der Waals surface area contributed by atoms with Crippen molar-refractivity contribution in [2.75, 3.05) is 13.1 Å². The van der Waals surface area contributed by atoms with Gasteiger partial charge in [-0.2, -0.15) is 0 Å². The van der Waals surface area contributed by atoms with E-state index in [2.05, 4.69) is 10.2 Å². The fourth-order valence-corrected chi connectivity index (χ4v) is 2.69. The van der Waals surface area contributed by atoms with Crippen molar-refractivity contribution < 1.29 is 14.7 Å². The van der Waals surface area contributed by atoms with Crippen LogP contribution in [-0.4, -0.2) is 45.2 Å². The van der Waals surface area contributed by atoms with Crippen molar-refractivity contribution in [3.05, 3.63) is 10.0 Å². The SMILES string of the molecule is O=C(O)CCc1nnc(C(=O)N2CCCCC2)s1. The number of rotatable bonds is 4. The van der Waals surface area contributed by atoms with Gasteiger partial charge in [-0.25, -0.2) is 0 Å². The van der Waals surface area contributed by atoms with Gasteiger partial charge in [0.15, 0.2) is 0 Å². The summed E-state index contributed by atoms with van der Waals surface area (Å²) in [6.07, 6.45) is 3.60. The second-order valence-electron chi connectivity index (χ2n) is 4.25. The molecule has 0 spiro atoms. The quantitative estimate of drug-likeness (QED) is 0.887. The van der Waals surface area contributed by atoms with Gasteiger partial charge in [-0.05, 0) is 19.3 Å². The zero-order valence-electron chi connectivity index (χ0n) is 9.96. The fraction of sp³-hybridized carbons (Fsp3) is 0.636. The molecule has 18 heavy (non-hydrogen) atoms. The third-order valence-corrected chi connectivity index (χ3v) is 3.82. The van der Waals surface area contributed by atoms with Gasteiger partial charge in [0.2, 0.25) is 5.01 Å². The third-order valence-electron chi connectivity index (χ3n) is 2.85. The Morgan fingerprint density at radius 3 is 2.61 bits per heavy atom. The number of carboxylic acids is 1. The van der Waals surface area contributed by atoms with Crippen LogP contribution in [0.3, 0.4) is 0 Å². The molecule has 0 atom stereocenters. The van der Waals surface area contributed by atoms with E-state index in [1.54, 1.807) is 4.90 Å². The van der Waals surface area contributed by atoms with Crippen LogP contribution in [0.1, 0.15) is 40.5 Å². The van der Waals surface area contributed by atoms with Crippen molar-refractivity contribution in [1.82, 2.24) is 15.1 Å². The zero-order valence-corrected chi connectivity index (χ0v) is 10.8. The normalized spacial score (nSPS) is 15.7. The zero-order chi connectivity index (χ0) is 13.0. The predicted octanol–water partition coefficient (Wildman–Crippen LogP) is 1.18. The van der Waals surface area contributed by atoms with Gasteiger partial charge in [0.05, 0.1) is 6.42 Å². The topological polar surface area (TPSA) is 83.4 Å². The average Bonchev–Trinajstić information content (AvgIpc) is 2.85. The number of aryl methyl sites for hydroxylation is 1. The molecule has 1 fully saturated rings. The molecule has 98 valence electrons. The predicted molar refractivity (Wildman–Crippen MR) is 65.6 cm³/mol. The number of aliphatic carboxylic acids is 1. The highest BCUT2D eigenvalue weighted by Crippen LogP contribution is 2.17. The first-order valence-corrected chi connectivity index (χ1v) is 6.82. The lowest BCUT2D eigenvalue weighted by Crippen LogP contribution is -2.35. The van der Waals surface area contributed by atoms with E-state index < -0.39 is 5.97 Å². The van der Waals surface area contributed by atoms with E-state index in [1.165, 1.54) is 17.8 Å². The van der Waals surface area contributed by atoms with Gasteiger partial charge in [-0.3, -0.25) is 9.59 Å². The van der Waals surface area contributed by atoms with E-state index in [0.29, 0.717) is 16.4 Å². The van der Waals surface area contributed by atoms with Crippen molar-refractivity contribution >= 4 is 23.2 Å². The number of piperidine rings is 1. The van der Waals surface area contributed by atoms with Crippen LogP contribution in [0.5, 0.6) is 0 Å². The maximum atomic E-state index is 12.1. The van der Waals surface area contributed by atoms with Gasteiger partial charge >= 0.3 is 5.97 Å². The molecule has 1 aliphatic rings. The second-order valence-corrected chi connectivity index (χ2v) is 5.31. The number of hydrogen-bond acceptors (Lipinski definition) is 5. The Morgan fingerprint density at radius 2 is 1.94 bits per heavy atom. The van der Waals surface area contributed by atoms with Crippen LogP contribution >= 0.6 is 11.3 Å². The highest BCUT2D eigenvalue weighted by Gasteiger charge is 2.21. The number of nitrogens with zero attached hydrogens (tertiary/aromatic N) is 3. The second kappa shape index (κ2) is 5.90. The molecule has 1 N–H and O–H groups in total. The van der Waals surface area contributed by atoms with Crippen LogP contribution in [0.25, 0.3) is 0 Å². The summed E-state index contributed by atoms with van der Waals surface area (Å²) in [7, 11) is 0. The van der Waals surface area contributed by atoms with Crippen LogP contribution in [0.2, 0.25) is 0 Å². The van der Waals surface area contributed by atoms with E-state index in [1.807, 2.05) is 0 Å². The lowest BCUT2D eigenvalue weighted by atomic mass is 10.1. The fourth-order valence-electron chi connectivity index (χ4n) is 1.89. The molecule has 1 aliphatic heterocycles. The first kappa shape index (κ1) is 12.9. The van der Waals surface area contributed by atoms with Crippen molar-refractivity contribution in [3.63, 3.8) is 0 Å². The molecule has 1 aromatic heterocycles. The average molecular weight is 269 g/mol. The lowest BCUT2D eigenvalue weighted by molar-refractivity contribution is -0.136. The summed E-state index contributed by atoms with van der Waals surface area (Å²) in [5.41, 5.74) is 0. The molecule has 0 bridgehead atoms. The number of carboxylic acid groups (broad SMARTS) is 1. The molecule has 1 saturated heterocycles. The Morgan fingerprint density at radius 1 is 1.22 bits per heavy atom. The van der Waals surface area contributed by atoms with Crippen LogP contribution in [0.4, 0.5) is 0 Å². The summed E-state index contributed by atoms with van der Waals surface area (Å²) < 4.78 is 0. The highest BCUT2D eigenvalue weighted by atomic mass is 32.1. The molecule has 0 radical (unpaired) electrons. The van der Waals surface area contributed by atoms with Crippen molar-refractivity contribution in [2.24, 2.45) is 0 Å². The summed E-state index contributed by atoms with van der Waals surface area (Å²) >= 11 is 1.20. The minimum absolute atomic E-state index is 0.0204. The summed E-state index contributed by atoms with van der Waals surface area (Å²) in [4.78, 5) is 24.3. The number of carbonyl (C=O) groups excluding carboxylic acids is 1. The van der Waals surface area contributed by atoms with E-state index in [0.717, 1.165) is 25.9 Å². The van der Waals surface area contributed by atoms with Gasteiger partial charge in [0, 0.05) is 19.5 Å². The standard InChI is InChI=1S/C11H15N3O3S/c15-9(16)5-4-8-12-13-10(18-8)11(17)14-6-2-1-3-7-14/h1-7H2,(H,15,16). The van der Waals surface area contributed by atoms with E-state index >= 15 is 0 Å². The minimum Gasteiger partial charge on any atom is -0.481 e. The van der Waals surface area contributed by atoms with Crippen molar-refractivity contribution in [2.45, 2.75) is 32.1 Å². The number of hydrogen-bond donors (Lipinski definition) is 1. The Balaban J connectivity index is 1.95. The van der Waals surface area contributed by atoms with Gasteiger partial charge in [-0.15, -0.1) is 10.2 Å². The Hall–Kier alpha value is -1.50. The molecule has 6 nitrogen and oxygen atoms in total. The molecule has 0 aliphatic carbocycles. The largest absolute Gasteiger partial charge is 0.481 e. The van der Waals surface area contributed by atoms with E-state index in [9.17, 15) is 9.59 Å². The number of amides is 1. The van der Waals surface area contributed by atoms with Gasteiger partial charge < -0.3 is 10.0 Å². The number of aromatic nitrogens is 2. The molecule has 0 unspecified atom stereocenters. The third kappa shape index (κ3) is 3.25. The van der Waals surface area contributed by atoms with Crippen LogP contribution in [0.15, 0.2) is 0 Å². The first-order valence-electron chi connectivity index (χ1n) is 6.00. The summed E-state index contributed by atoms with van der Waals surface area (Å²) in [5, 5.41) is 17.3. The lowest BCUT2D eigenvalue weighted by Gasteiger charge is -2.25. The summed E-state index contributed by atoms with van der Waals surface area (Å²) in [6, 6.07) is 0. The highest BCUT2D eigenvalue weighted by molar-refractivity contribution is 7.13. The minimum atomic E-state index is -0.867. The Bertz CT molecular complexity index is 440. The number of carbonyl (C=O) groups is 2. The molecular formula is C11H15N3O3S. The molecule has 0 aromatic carbocycles. The maximum absolute atomic E-state index is 12.1. The monoisotopic (exact) mass is 269 g/mol. The Labute approximate surface area is 109 Å². The molecule has 1 amide bonds. The van der Waals surface area contributed by atoms with Gasteiger partial charge in [-0.1, -0.05) is 11.3 Å². The summed E-state index contributed by atoms with van der Waals surface area (Å²) in [5.74, 6) is -0.942. The molecule has 1 aromatic rings. The number of likely N-dealkylation sites (tertiary alicyclic amines) is 1. The molecule has 7 heteroatoms. The van der Waals surface area contributed by atoms with Gasteiger partial charge in [0.25, 0.3) is 5.91 Å².